The van der Waals surface area contributed by atoms with E-state index in [2.05, 4.69) is 19.1 Å². The molecule has 0 spiro atoms. The third-order valence-corrected chi connectivity index (χ3v) is 4.53. The Labute approximate surface area is 123 Å². The number of hydrogen-bond donors (Lipinski definition) is 0. The van der Waals surface area contributed by atoms with Crippen LogP contribution in [-0.2, 0) is 6.42 Å². The van der Waals surface area contributed by atoms with E-state index in [0.717, 1.165) is 24.8 Å². The zero-order chi connectivity index (χ0) is 14.2. The highest BCUT2D eigenvalue weighted by Gasteiger charge is 2.23. The van der Waals surface area contributed by atoms with Crippen molar-refractivity contribution in [1.29, 1.82) is 0 Å². The summed E-state index contributed by atoms with van der Waals surface area (Å²) < 4.78 is 0. The van der Waals surface area contributed by atoms with Gasteiger partial charge in [-0.1, -0.05) is 69.7 Å². The number of carbonyl (C=O) groups excluding carboxylic acids is 1. The van der Waals surface area contributed by atoms with Crippen molar-refractivity contribution < 1.29 is 4.79 Å². The molecule has 1 nitrogen and oxygen atoms in total. The fourth-order valence-corrected chi connectivity index (χ4v) is 3.19. The molecular weight excluding hydrogens is 244 g/mol. The van der Waals surface area contributed by atoms with E-state index in [1.54, 1.807) is 0 Å². The lowest BCUT2D eigenvalue weighted by Gasteiger charge is -2.08. The van der Waals surface area contributed by atoms with E-state index in [0.29, 0.717) is 11.7 Å². The minimum absolute atomic E-state index is 0.301. The quantitative estimate of drug-likeness (QED) is 0.446. The van der Waals surface area contributed by atoms with Gasteiger partial charge in [0.05, 0.1) is 0 Å². The monoisotopic (exact) mass is 272 g/mol. The van der Waals surface area contributed by atoms with Crippen molar-refractivity contribution in [3.63, 3.8) is 0 Å². The average molecular weight is 272 g/mol. The van der Waals surface area contributed by atoms with E-state index in [1.807, 2.05) is 12.1 Å². The Kier molecular flexibility index (Phi) is 6.29. The first kappa shape index (κ1) is 15.3. The van der Waals surface area contributed by atoms with E-state index >= 15 is 0 Å². The third kappa shape index (κ3) is 4.47. The van der Waals surface area contributed by atoms with Crippen LogP contribution in [0.1, 0.15) is 80.6 Å². The van der Waals surface area contributed by atoms with Crippen LogP contribution >= 0.6 is 0 Å². The van der Waals surface area contributed by atoms with Gasteiger partial charge in [0, 0.05) is 11.5 Å². The highest BCUT2D eigenvalue weighted by molar-refractivity contribution is 5.98. The Morgan fingerprint density at radius 2 is 1.65 bits per heavy atom. The van der Waals surface area contributed by atoms with Crippen LogP contribution in [0.2, 0.25) is 0 Å². The van der Waals surface area contributed by atoms with Crippen LogP contribution in [-0.4, -0.2) is 5.78 Å². The van der Waals surface area contributed by atoms with Gasteiger partial charge in [0.1, 0.15) is 0 Å². The Bertz CT molecular complexity index is 398. The lowest BCUT2D eigenvalue weighted by atomic mass is 9.95. The summed E-state index contributed by atoms with van der Waals surface area (Å²) in [7, 11) is 0. The Morgan fingerprint density at radius 3 is 2.30 bits per heavy atom. The minimum Gasteiger partial charge on any atom is -0.294 e. The maximum atomic E-state index is 12.3. The Morgan fingerprint density at radius 1 is 1.00 bits per heavy atom. The van der Waals surface area contributed by atoms with Crippen molar-refractivity contribution in [3.05, 3.63) is 35.4 Å². The summed E-state index contributed by atoms with van der Waals surface area (Å²) in [4.78, 5) is 12.3. The van der Waals surface area contributed by atoms with Crippen molar-refractivity contribution in [3.8, 4) is 0 Å². The predicted octanol–water partition coefficient (Wildman–Crippen LogP) is 5.57. The summed E-state index contributed by atoms with van der Waals surface area (Å²) in [5.74, 6) is 0.673. The number of Topliss-reactive ketones (excluding diaryl/α,β-unsaturated/α-hetero) is 1. The Hall–Kier alpha value is -1.11. The van der Waals surface area contributed by atoms with Gasteiger partial charge in [0.15, 0.2) is 5.78 Å². The SMILES string of the molecule is CCCCCCCc1ccc(C(=O)C2CCCC2)cc1. The molecule has 0 atom stereocenters. The number of hydrogen-bond acceptors (Lipinski definition) is 1. The molecule has 0 saturated heterocycles. The van der Waals surface area contributed by atoms with E-state index in [4.69, 9.17) is 0 Å². The maximum Gasteiger partial charge on any atom is 0.165 e. The predicted molar refractivity (Wildman–Crippen MR) is 85.2 cm³/mol. The second kappa shape index (κ2) is 8.24. The highest BCUT2D eigenvalue weighted by Crippen LogP contribution is 2.28. The molecule has 2 rings (SSSR count). The zero-order valence-corrected chi connectivity index (χ0v) is 12.9. The van der Waals surface area contributed by atoms with Crippen molar-refractivity contribution >= 4 is 5.78 Å². The molecule has 1 aliphatic carbocycles. The number of aryl methyl sites for hydroxylation is 1. The fraction of sp³-hybridized carbons (Fsp3) is 0.632. The number of carbonyl (C=O) groups is 1. The number of benzene rings is 1. The van der Waals surface area contributed by atoms with Crippen LogP contribution in [0, 0.1) is 5.92 Å². The van der Waals surface area contributed by atoms with Gasteiger partial charge in [-0.2, -0.15) is 0 Å². The molecule has 1 saturated carbocycles. The fourth-order valence-electron chi connectivity index (χ4n) is 3.19. The van der Waals surface area contributed by atoms with Crippen LogP contribution in [0.4, 0.5) is 0 Å². The summed E-state index contributed by atoms with van der Waals surface area (Å²) in [6.07, 6.45) is 12.4. The first-order valence-electron chi connectivity index (χ1n) is 8.44. The van der Waals surface area contributed by atoms with Gasteiger partial charge in [-0.05, 0) is 31.2 Å². The largest absolute Gasteiger partial charge is 0.294 e. The molecule has 0 N–H and O–H groups in total. The van der Waals surface area contributed by atoms with Crippen LogP contribution in [0.3, 0.4) is 0 Å². The summed E-state index contributed by atoms with van der Waals surface area (Å²) in [6.45, 7) is 2.25. The van der Waals surface area contributed by atoms with Crippen molar-refractivity contribution in [1.82, 2.24) is 0 Å². The normalized spacial score (nSPS) is 15.7. The number of rotatable bonds is 8. The molecule has 1 aromatic carbocycles. The molecule has 1 fully saturated rings. The molecule has 1 aromatic rings. The number of unbranched alkanes of at least 4 members (excludes halogenated alkanes) is 4. The van der Waals surface area contributed by atoms with E-state index in [-0.39, 0.29) is 0 Å². The van der Waals surface area contributed by atoms with Gasteiger partial charge < -0.3 is 0 Å². The summed E-state index contributed by atoms with van der Waals surface area (Å²) in [5, 5.41) is 0. The molecule has 1 aliphatic rings. The standard InChI is InChI=1S/C19H28O/c1-2-3-4-5-6-9-16-12-14-18(15-13-16)19(20)17-10-7-8-11-17/h12-15,17H,2-11H2,1H3. The molecule has 20 heavy (non-hydrogen) atoms. The van der Waals surface area contributed by atoms with Gasteiger partial charge in [0.2, 0.25) is 0 Å². The van der Waals surface area contributed by atoms with Crippen LogP contribution in [0.15, 0.2) is 24.3 Å². The molecule has 0 amide bonds. The van der Waals surface area contributed by atoms with Gasteiger partial charge in [-0.3, -0.25) is 4.79 Å². The number of ketones is 1. The van der Waals surface area contributed by atoms with E-state index in [9.17, 15) is 4.79 Å². The second-order valence-electron chi connectivity index (χ2n) is 6.21. The molecule has 0 aromatic heterocycles. The molecule has 110 valence electrons. The van der Waals surface area contributed by atoms with Crippen LogP contribution in [0.25, 0.3) is 0 Å². The van der Waals surface area contributed by atoms with Gasteiger partial charge >= 0.3 is 0 Å². The first-order chi connectivity index (χ1) is 9.81. The molecule has 0 unspecified atom stereocenters. The zero-order valence-electron chi connectivity index (χ0n) is 12.9. The smallest absolute Gasteiger partial charge is 0.165 e. The van der Waals surface area contributed by atoms with Gasteiger partial charge in [-0.25, -0.2) is 0 Å². The van der Waals surface area contributed by atoms with Crippen molar-refractivity contribution in [2.75, 3.05) is 0 Å². The minimum atomic E-state index is 0.301. The lowest BCUT2D eigenvalue weighted by molar-refractivity contribution is 0.0923. The van der Waals surface area contributed by atoms with Gasteiger partial charge in [0.25, 0.3) is 0 Å². The van der Waals surface area contributed by atoms with E-state index in [1.165, 1.54) is 50.5 Å². The molecule has 0 bridgehead atoms. The van der Waals surface area contributed by atoms with Crippen molar-refractivity contribution in [2.24, 2.45) is 5.92 Å². The van der Waals surface area contributed by atoms with Crippen LogP contribution in [0.5, 0.6) is 0 Å². The summed E-state index contributed by atoms with van der Waals surface area (Å²) >= 11 is 0. The summed E-state index contributed by atoms with van der Waals surface area (Å²) in [5.41, 5.74) is 2.30. The topological polar surface area (TPSA) is 17.1 Å². The average Bonchev–Trinajstić information content (AvgIpc) is 3.01. The molecule has 1 heteroatoms. The van der Waals surface area contributed by atoms with Crippen LogP contribution < -0.4 is 0 Å². The third-order valence-electron chi connectivity index (χ3n) is 4.53. The first-order valence-corrected chi connectivity index (χ1v) is 8.44. The molecule has 0 heterocycles. The molecule has 0 aliphatic heterocycles. The molecule has 0 radical (unpaired) electrons. The second-order valence-corrected chi connectivity index (χ2v) is 6.21. The van der Waals surface area contributed by atoms with E-state index < -0.39 is 0 Å². The summed E-state index contributed by atoms with van der Waals surface area (Å²) in [6, 6.07) is 8.40. The maximum absolute atomic E-state index is 12.3. The highest BCUT2D eigenvalue weighted by atomic mass is 16.1. The van der Waals surface area contributed by atoms with Gasteiger partial charge in [-0.15, -0.1) is 0 Å². The Balaban J connectivity index is 1.78. The molecular formula is C19H28O. The lowest BCUT2D eigenvalue weighted by Crippen LogP contribution is -2.10. The van der Waals surface area contributed by atoms with Crippen molar-refractivity contribution in [2.45, 2.75) is 71.1 Å².